The number of nitrogens with zero attached hydrogens (tertiary/aromatic N) is 3. The van der Waals surface area contributed by atoms with Crippen molar-refractivity contribution in [1.29, 1.82) is 0 Å². The highest BCUT2D eigenvalue weighted by molar-refractivity contribution is 5.97. The largest absolute Gasteiger partial charge is 0.338 e. The minimum absolute atomic E-state index is 0. The summed E-state index contributed by atoms with van der Waals surface area (Å²) in [6.45, 7) is 2.80. The van der Waals surface area contributed by atoms with Crippen LogP contribution >= 0.6 is 12.4 Å². The number of carbonyl (C=O) groups excluding carboxylic acids is 1. The molecule has 4 rings (SSSR count). The molecule has 0 spiro atoms. The lowest BCUT2D eigenvalue weighted by Gasteiger charge is -2.34. The van der Waals surface area contributed by atoms with Crippen molar-refractivity contribution in [2.45, 2.75) is 18.9 Å². The van der Waals surface area contributed by atoms with Crippen LogP contribution in [0.2, 0.25) is 0 Å². The molecule has 116 valence electrons. The van der Waals surface area contributed by atoms with Crippen LogP contribution < -0.4 is 5.32 Å². The third-order valence-corrected chi connectivity index (χ3v) is 4.66. The van der Waals surface area contributed by atoms with Gasteiger partial charge < -0.3 is 10.2 Å². The van der Waals surface area contributed by atoms with Gasteiger partial charge in [-0.05, 0) is 43.5 Å². The number of piperidine rings is 1. The number of hydrogen-bond acceptors (Lipinski definition) is 4. The van der Waals surface area contributed by atoms with Gasteiger partial charge in [0.25, 0.3) is 5.91 Å². The van der Waals surface area contributed by atoms with Crippen molar-refractivity contribution in [2.75, 3.05) is 19.6 Å². The molecule has 2 fully saturated rings. The van der Waals surface area contributed by atoms with E-state index in [2.05, 4.69) is 15.3 Å². The summed E-state index contributed by atoms with van der Waals surface area (Å²) in [6.07, 6.45) is 5.56. The maximum absolute atomic E-state index is 12.7. The van der Waals surface area contributed by atoms with E-state index in [1.165, 1.54) is 6.42 Å². The molecule has 22 heavy (non-hydrogen) atoms. The molecule has 2 unspecified atom stereocenters. The molecule has 2 aliphatic heterocycles. The topological polar surface area (TPSA) is 58.1 Å². The number of benzene rings is 1. The van der Waals surface area contributed by atoms with Crippen molar-refractivity contribution in [3.8, 4) is 0 Å². The number of nitrogens with one attached hydrogen (secondary N) is 1. The highest BCUT2D eigenvalue weighted by Crippen LogP contribution is 2.25. The molecule has 0 aliphatic carbocycles. The third-order valence-electron chi connectivity index (χ3n) is 4.66. The zero-order valence-electron chi connectivity index (χ0n) is 12.2. The molecule has 2 aliphatic rings. The summed E-state index contributed by atoms with van der Waals surface area (Å²) in [5.74, 6) is 0.732. The summed E-state index contributed by atoms with van der Waals surface area (Å²) in [6, 6.07) is 6.19. The van der Waals surface area contributed by atoms with Gasteiger partial charge in [0.1, 0.15) is 0 Å². The second kappa shape index (κ2) is 6.18. The Morgan fingerprint density at radius 2 is 2.00 bits per heavy atom. The molecule has 2 aromatic rings. The number of carbonyl (C=O) groups is 1. The Balaban J connectivity index is 0.00000144. The van der Waals surface area contributed by atoms with Gasteiger partial charge in [0, 0.05) is 37.1 Å². The first-order valence-electron chi connectivity index (χ1n) is 7.55. The summed E-state index contributed by atoms with van der Waals surface area (Å²) in [7, 11) is 0. The zero-order chi connectivity index (χ0) is 14.2. The van der Waals surface area contributed by atoms with E-state index in [0.717, 1.165) is 37.1 Å². The molecule has 3 heterocycles. The Morgan fingerprint density at radius 3 is 2.86 bits per heavy atom. The van der Waals surface area contributed by atoms with Crippen LogP contribution in [0.25, 0.3) is 11.0 Å². The SMILES string of the molecule is Cl.O=C(c1ccc2nccnc2c1)N1CCC2NCCC2C1. The highest BCUT2D eigenvalue weighted by Gasteiger charge is 2.34. The van der Waals surface area contributed by atoms with E-state index < -0.39 is 0 Å². The molecule has 0 saturated carbocycles. The number of halogens is 1. The van der Waals surface area contributed by atoms with Crippen molar-refractivity contribution in [1.82, 2.24) is 20.2 Å². The molecule has 1 aromatic carbocycles. The maximum Gasteiger partial charge on any atom is 0.253 e. The van der Waals surface area contributed by atoms with Gasteiger partial charge in [0.2, 0.25) is 0 Å². The lowest BCUT2D eigenvalue weighted by atomic mass is 9.93. The van der Waals surface area contributed by atoms with Crippen molar-refractivity contribution < 1.29 is 4.79 Å². The van der Waals surface area contributed by atoms with E-state index in [4.69, 9.17) is 0 Å². The molecule has 2 saturated heterocycles. The molecular weight excluding hydrogens is 300 g/mol. The summed E-state index contributed by atoms with van der Waals surface area (Å²) in [5, 5.41) is 3.53. The Hall–Kier alpha value is -1.72. The van der Waals surface area contributed by atoms with Crippen molar-refractivity contribution in [3.63, 3.8) is 0 Å². The van der Waals surface area contributed by atoms with E-state index in [9.17, 15) is 4.79 Å². The maximum atomic E-state index is 12.7. The minimum Gasteiger partial charge on any atom is -0.338 e. The fourth-order valence-corrected chi connectivity index (χ4v) is 3.51. The number of rotatable bonds is 1. The van der Waals surface area contributed by atoms with Gasteiger partial charge in [-0.1, -0.05) is 0 Å². The second-order valence-electron chi connectivity index (χ2n) is 5.91. The lowest BCUT2D eigenvalue weighted by molar-refractivity contribution is 0.0662. The lowest BCUT2D eigenvalue weighted by Crippen LogP contribution is -2.46. The fraction of sp³-hybridized carbons (Fsp3) is 0.438. The Kier molecular flexibility index (Phi) is 4.27. The molecule has 2 atom stereocenters. The number of amides is 1. The predicted molar refractivity (Wildman–Crippen MR) is 87.2 cm³/mol. The summed E-state index contributed by atoms with van der Waals surface area (Å²) >= 11 is 0. The monoisotopic (exact) mass is 318 g/mol. The normalized spacial score (nSPS) is 23.9. The highest BCUT2D eigenvalue weighted by atomic mass is 35.5. The quantitative estimate of drug-likeness (QED) is 0.872. The van der Waals surface area contributed by atoms with E-state index in [1.54, 1.807) is 12.4 Å². The van der Waals surface area contributed by atoms with Crippen LogP contribution in [-0.4, -0.2) is 46.5 Å². The van der Waals surface area contributed by atoms with E-state index >= 15 is 0 Å². The van der Waals surface area contributed by atoms with Crippen LogP contribution in [0.1, 0.15) is 23.2 Å². The van der Waals surface area contributed by atoms with Crippen LogP contribution in [-0.2, 0) is 0 Å². The average Bonchev–Trinajstić information content (AvgIpc) is 3.01. The first kappa shape index (κ1) is 15.2. The summed E-state index contributed by atoms with van der Waals surface area (Å²) in [5.41, 5.74) is 2.32. The van der Waals surface area contributed by atoms with E-state index in [1.807, 2.05) is 23.1 Å². The number of hydrogen-bond donors (Lipinski definition) is 1. The van der Waals surface area contributed by atoms with Crippen LogP contribution in [0.4, 0.5) is 0 Å². The van der Waals surface area contributed by atoms with Gasteiger partial charge in [0.05, 0.1) is 11.0 Å². The average molecular weight is 319 g/mol. The molecular formula is C16H19ClN4O. The van der Waals surface area contributed by atoms with Gasteiger partial charge in [-0.3, -0.25) is 14.8 Å². The predicted octanol–water partition coefficient (Wildman–Crippen LogP) is 1.88. The summed E-state index contributed by atoms with van der Waals surface area (Å²) in [4.78, 5) is 23.2. The van der Waals surface area contributed by atoms with Crippen molar-refractivity contribution >= 4 is 29.3 Å². The molecule has 0 bridgehead atoms. The van der Waals surface area contributed by atoms with Gasteiger partial charge in [-0.15, -0.1) is 12.4 Å². The molecule has 0 radical (unpaired) electrons. The van der Waals surface area contributed by atoms with Crippen molar-refractivity contribution in [2.24, 2.45) is 5.92 Å². The molecule has 6 heteroatoms. The van der Waals surface area contributed by atoms with Gasteiger partial charge >= 0.3 is 0 Å². The standard InChI is InChI=1S/C16H18N4O.ClH/c21-16(20-8-4-13-12(10-20)3-5-17-13)11-1-2-14-15(9-11)19-7-6-18-14;/h1-2,6-7,9,12-13,17H,3-5,8,10H2;1H. The van der Waals surface area contributed by atoms with Crippen molar-refractivity contribution in [3.05, 3.63) is 36.2 Å². The Morgan fingerprint density at radius 1 is 1.18 bits per heavy atom. The van der Waals surface area contributed by atoms with Crippen LogP contribution in [0.15, 0.2) is 30.6 Å². The number of fused-ring (bicyclic) bond motifs is 2. The molecule has 1 amide bonds. The number of aromatic nitrogens is 2. The van der Waals surface area contributed by atoms with Gasteiger partial charge in [0.15, 0.2) is 0 Å². The second-order valence-corrected chi connectivity index (χ2v) is 5.91. The van der Waals surface area contributed by atoms with Crippen LogP contribution in [0.5, 0.6) is 0 Å². The number of likely N-dealkylation sites (tertiary alicyclic amines) is 1. The Bertz CT molecular complexity index is 693. The van der Waals surface area contributed by atoms with Gasteiger partial charge in [-0.25, -0.2) is 0 Å². The smallest absolute Gasteiger partial charge is 0.253 e. The molecule has 1 aromatic heterocycles. The summed E-state index contributed by atoms with van der Waals surface area (Å²) < 4.78 is 0. The first-order valence-corrected chi connectivity index (χ1v) is 7.55. The minimum atomic E-state index is 0. The third kappa shape index (κ3) is 2.66. The molecule has 5 nitrogen and oxygen atoms in total. The molecule has 1 N–H and O–H groups in total. The van der Waals surface area contributed by atoms with Gasteiger partial charge in [-0.2, -0.15) is 0 Å². The fourth-order valence-electron chi connectivity index (χ4n) is 3.51. The zero-order valence-corrected chi connectivity index (χ0v) is 13.1. The Labute approximate surface area is 135 Å². The first-order chi connectivity index (χ1) is 10.3. The van der Waals surface area contributed by atoms with Crippen LogP contribution in [0.3, 0.4) is 0 Å². The van der Waals surface area contributed by atoms with Crippen LogP contribution in [0, 0.1) is 5.92 Å². The van der Waals surface area contributed by atoms with E-state index in [0.29, 0.717) is 17.5 Å². The van der Waals surface area contributed by atoms with E-state index in [-0.39, 0.29) is 18.3 Å².